The lowest BCUT2D eigenvalue weighted by molar-refractivity contribution is -0.0529. The van der Waals surface area contributed by atoms with Crippen molar-refractivity contribution in [2.75, 3.05) is 6.61 Å². The van der Waals surface area contributed by atoms with Gasteiger partial charge in [0.2, 0.25) is 0 Å². The summed E-state index contributed by atoms with van der Waals surface area (Å²) in [6, 6.07) is 8.17. The van der Waals surface area contributed by atoms with Crippen LogP contribution in [0.2, 0.25) is 0 Å². The van der Waals surface area contributed by atoms with Crippen molar-refractivity contribution in [1.82, 2.24) is 0 Å². The fourth-order valence-electron chi connectivity index (χ4n) is 2.57. The van der Waals surface area contributed by atoms with Crippen LogP contribution in [-0.4, -0.2) is 17.8 Å². The summed E-state index contributed by atoms with van der Waals surface area (Å²) in [5, 5.41) is 10.3. The molecule has 2 heteroatoms. The summed E-state index contributed by atoms with van der Waals surface area (Å²) in [6.07, 6.45) is 2.63. The summed E-state index contributed by atoms with van der Waals surface area (Å²) >= 11 is 0. The largest absolute Gasteiger partial charge is 0.386 e. The topological polar surface area (TPSA) is 29.5 Å². The zero-order chi connectivity index (χ0) is 12.3. The Morgan fingerprint density at radius 2 is 2.00 bits per heavy atom. The van der Waals surface area contributed by atoms with Crippen molar-refractivity contribution in [2.45, 2.75) is 51.2 Å². The summed E-state index contributed by atoms with van der Waals surface area (Å²) in [4.78, 5) is 0. The number of aliphatic hydroxyl groups is 1. The molecule has 3 atom stereocenters. The number of hydrogen-bond donors (Lipinski definition) is 1. The third-order valence-corrected chi connectivity index (χ3v) is 3.61. The average Bonchev–Trinajstić information content (AvgIpc) is 2.36. The highest BCUT2D eigenvalue weighted by Gasteiger charge is 2.31. The lowest BCUT2D eigenvalue weighted by Gasteiger charge is -2.33. The van der Waals surface area contributed by atoms with Crippen molar-refractivity contribution in [3.05, 3.63) is 35.4 Å². The summed E-state index contributed by atoms with van der Waals surface area (Å²) in [5.41, 5.74) is 2.32. The van der Waals surface area contributed by atoms with Crippen LogP contribution in [0, 0.1) is 0 Å². The van der Waals surface area contributed by atoms with E-state index in [2.05, 4.69) is 19.9 Å². The van der Waals surface area contributed by atoms with Gasteiger partial charge in [0.1, 0.15) is 6.10 Å². The maximum atomic E-state index is 10.3. The van der Waals surface area contributed by atoms with Crippen molar-refractivity contribution in [3.63, 3.8) is 0 Å². The number of unbranched alkanes of at least 4 members (excludes halogenated alkanes) is 1. The predicted octanol–water partition coefficient (Wildman–Crippen LogP) is 3.41. The maximum Gasteiger partial charge on any atom is 0.105 e. The van der Waals surface area contributed by atoms with Gasteiger partial charge >= 0.3 is 0 Å². The molecule has 0 fully saturated rings. The Hall–Kier alpha value is -0.860. The molecule has 0 aliphatic heterocycles. The first kappa shape index (κ1) is 12.6. The standard InChI is InChI=1S/C15H22O2/c1-3-4-9-17-14-10-11(2)12-7-5-6-8-13(12)15(14)16/h5-8,11,14-16H,3-4,9-10H2,1-2H3. The van der Waals surface area contributed by atoms with E-state index in [-0.39, 0.29) is 6.10 Å². The first-order valence-electron chi connectivity index (χ1n) is 6.62. The van der Waals surface area contributed by atoms with E-state index in [0.717, 1.165) is 31.4 Å². The van der Waals surface area contributed by atoms with Crippen LogP contribution in [0.5, 0.6) is 0 Å². The van der Waals surface area contributed by atoms with E-state index < -0.39 is 6.10 Å². The van der Waals surface area contributed by atoms with Crippen molar-refractivity contribution in [3.8, 4) is 0 Å². The van der Waals surface area contributed by atoms with Crippen LogP contribution in [0.1, 0.15) is 56.3 Å². The first-order valence-corrected chi connectivity index (χ1v) is 6.62. The van der Waals surface area contributed by atoms with Crippen molar-refractivity contribution < 1.29 is 9.84 Å². The van der Waals surface area contributed by atoms with E-state index in [1.165, 1.54) is 5.56 Å². The number of rotatable bonds is 4. The molecule has 2 rings (SSSR count). The van der Waals surface area contributed by atoms with Gasteiger partial charge < -0.3 is 9.84 Å². The lowest BCUT2D eigenvalue weighted by Crippen LogP contribution is -2.30. The zero-order valence-corrected chi connectivity index (χ0v) is 10.7. The molecule has 17 heavy (non-hydrogen) atoms. The summed E-state index contributed by atoms with van der Waals surface area (Å²) in [5.74, 6) is 0.473. The van der Waals surface area contributed by atoms with Gasteiger partial charge in [0.05, 0.1) is 6.10 Å². The Morgan fingerprint density at radius 1 is 1.29 bits per heavy atom. The zero-order valence-electron chi connectivity index (χ0n) is 10.7. The minimum atomic E-state index is -0.459. The summed E-state index contributed by atoms with van der Waals surface area (Å²) in [7, 11) is 0. The van der Waals surface area contributed by atoms with E-state index in [9.17, 15) is 5.11 Å². The number of ether oxygens (including phenoxy) is 1. The van der Waals surface area contributed by atoms with Crippen LogP contribution < -0.4 is 0 Å². The molecule has 2 nitrogen and oxygen atoms in total. The third kappa shape index (κ3) is 2.70. The number of hydrogen-bond acceptors (Lipinski definition) is 2. The monoisotopic (exact) mass is 234 g/mol. The highest BCUT2D eigenvalue weighted by atomic mass is 16.5. The molecule has 3 unspecified atom stereocenters. The Balaban J connectivity index is 2.09. The summed E-state index contributed by atoms with van der Waals surface area (Å²) in [6.45, 7) is 5.12. The van der Waals surface area contributed by atoms with Gasteiger partial charge in [-0.25, -0.2) is 0 Å². The normalized spacial score (nSPS) is 27.8. The Morgan fingerprint density at radius 3 is 2.71 bits per heavy atom. The molecule has 0 aromatic heterocycles. The van der Waals surface area contributed by atoms with Crippen LogP contribution in [0.15, 0.2) is 24.3 Å². The molecule has 94 valence electrons. The quantitative estimate of drug-likeness (QED) is 0.809. The highest BCUT2D eigenvalue weighted by molar-refractivity contribution is 5.35. The molecule has 0 saturated carbocycles. The molecule has 1 aliphatic rings. The van der Waals surface area contributed by atoms with Crippen molar-refractivity contribution in [1.29, 1.82) is 0 Å². The van der Waals surface area contributed by atoms with E-state index in [1.807, 2.05) is 18.2 Å². The van der Waals surface area contributed by atoms with Crippen LogP contribution in [0.4, 0.5) is 0 Å². The molecule has 0 heterocycles. The van der Waals surface area contributed by atoms with Crippen LogP contribution in [0.3, 0.4) is 0 Å². The fourth-order valence-corrected chi connectivity index (χ4v) is 2.57. The number of fused-ring (bicyclic) bond motifs is 1. The molecule has 1 N–H and O–H groups in total. The van der Waals surface area contributed by atoms with Crippen molar-refractivity contribution in [2.24, 2.45) is 0 Å². The molecular formula is C15H22O2. The van der Waals surface area contributed by atoms with Crippen LogP contribution in [-0.2, 0) is 4.74 Å². The average molecular weight is 234 g/mol. The predicted molar refractivity (Wildman–Crippen MR) is 69.1 cm³/mol. The van der Waals surface area contributed by atoms with Gasteiger partial charge in [-0.2, -0.15) is 0 Å². The minimum Gasteiger partial charge on any atom is -0.386 e. The molecular weight excluding hydrogens is 212 g/mol. The smallest absolute Gasteiger partial charge is 0.105 e. The van der Waals surface area contributed by atoms with Gasteiger partial charge in [0, 0.05) is 6.61 Å². The van der Waals surface area contributed by atoms with Crippen LogP contribution >= 0.6 is 0 Å². The molecule has 1 aromatic rings. The molecule has 0 spiro atoms. The molecule has 1 aliphatic carbocycles. The van der Waals surface area contributed by atoms with Crippen LogP contribution in [0.25, 0.3) is 0 Å². The van der Waals surface area contributed by atoms with Crippen molar-refractivity contribution >= 4 is 0 Å². The molecule has 0 saturated heterocycles. The second-order valence-corrected chi connectivity index (χ2v) is 4.97. The molecule has 0 bridgehead atoms. The fraction of sp³-hybridized carbons (Fsp3) is 0.600. The maximum absolute atomic E-state index is 10.3. The SMILES string of the molecule is CCCCOC1CC(C)c2ccccc2C1O. The minimum absolute atomic E-state index is 0.0357. The third-order valence-electron chi connectivity index (χ3n) is 3.61. The number of benzene rings is 1. The van der Waals surface area contributed by atoms with Gasteiger partial charge in [-0.05, 0) is 29.9 Å². The van der Waals surface area contributed by atoms with E-state index in [1.54, 1.807) is 0 Å². The van der Waals surface area contributed by atoms with E-state index >= 15 is 0 Å². The lowest BCUT2D eigenvalue weighted by atomic mass is 9.80. The molecule has 0 amide bonds. The van der Waals surface area contributed by atoms with Gasteiger partial charge in [-0.3, -0.25) is 0 Å². The van der Waals surface area contributed by atoms with Gasteiger partial charge in [0.25, 0.3) is 0 Å². The Labute approximate surface area is 104 Å². The molecule has 0 radical (unpaired) electrons. The summed E-state index contributed by atoms with van der Waals surface area (Å²) < 4.78 is 5.81. The van der Waals surface area contributed by atoms with Gasteiger partial charge in [0.15, 0.2) is 0 Å². The second-order valence-electron chi connectivity index (χ2n) is 4.97. The van der Waals surface area contributed by atoms with Gasteiger partial charge in [-0.1, -0.05) is 44.5 Å². The molecule has 1 aromatic carbocycles. The van der Waals surface area contributed by atoms with E-state index in [4.69, 9.17) is 4.74 Å². The highest BCUT2D eigenvalue weighted by Crippen LogP contribution is 2.38. The second kappa shape index (κ2) is 5.65. The first-order chi connectivity index (χ1) is 8.24. The van der Waals surface area contributed by atoms with Gasteiger partial charge in [-0.15, -0.1) is 0 Å². The van der Waals surface area contributed by atoms with E-state index in [0.29, 0.717) is 5.92 Å². The Bertz CT molecular complexity index is 362. The number of aliphatic hydroxyl groups excluding tert-OH is 1. The Kier molecular flexibility index (Phi) is 4.19.